The standard InChI is InChI=1S/C18H15ClN2O2S/c19-14-6-8-15(9-7-14)23-11-10-17(22)21-18-20-16(12-24-18)13-4-2-1-3-5-13/h1-9,12H,10-11H2,(H,20,21,22). The Morgan fingerprint density at radius 2 is 1.88 bits per heavy atom. The third kappa shape index (κ3) is 4.57. The van der Waals surface area contributed by atoms with Crippen molar-refractivity contribution < 1.29 is 9.53 Å². The molecule has 3 aromatic rings. The van der Waals surface area contributed by atoms with Crippen molar-refractivity contribution in [3.05, 3.63) is 65.0 Å². The van der Waals surface area contributed by atoms with Crippen molar-refractivity contribution >= 4 is 34.0 Å². The van der Waals surface area contributed by atoms with Gasteiger partial charge in [0.2, 0.25) is 5.91 Å². The number of aromatic nitrogens is 1. The molecule has 1 heterocycles. The average molecular weight is 359 g/mol. The predicted molar refractivity (Wildman–Crippen MR) is 97.7 cm³/mol. The fourth-order valence-electron chi connectivity index (χ4n) is 2.05. The second-order valence-electron chi connectivity index (χ2n) is 5.00. The van der Waals surface area contributed by atoms with Crippen LogP contribution in [0.3, 0.4) is 0 Å². The molecule has 0 spiro atoms. The topological polar surface area (TPSA) is 51.2 Å². The smallest absolute Gasteiger partial charge is 0.229 e. The average Bonchev–Trinajstić information content (AvgIpc) is 3.06. The lowest BCUT2D eigenvalue weighted by Crippen LogP contribution is -2.15. The summed E-state index contributed by atoms with van der Waals surface area (Å²) in [5, 5.41) is 5.96. The van der Waals surface area contributed by atoms with Gasteiger partial charge in [-0.05, 0) is 24.3 Å². The maximum atomic E-state index is 12.0. The summed E-state index contributed by atoms with van der Waals surface area (Å²) in [6.07, 6.45) is 0.253. The number of ether oxygens (including phenoxy) is 1. The Kier molecular flexibility index (Phi) is 5.46. The van der Waals surface area contributed by atoms with Crippen LogP contribution in [0.4, 0.5) is 5.13 Å². The lowest BCUT2D eigenvalue weighted by molar-refractivity contribution is -0.116. The molecule has 0 unspecified atom stereocenters. The summed E-state index contributed by atoms with van der Waals surface area (Å²) in [6, 6.07) is 16.9. The van der Waals surface area contributed by atoms with Crippen LogP contribution in [0, 0.1) is 0 Å². The molecule has 2 aromatic carbocycles. The number of rotatable bonds is 6. The third-order valence-electron chi connectivity index (χ3n) is 3.23. The summed E-state index contributed by atoms with van der Waals surface area (Å²) >= 11 is 7.21. The van der Waals surface area contributed by atoms with Gasteiger partial charge in [0.1, 0.15) is 5.75 Å². The van der Waals surface area contributed by atoms with E-state index in [0.29, 0.717) is 22.5 Å². The molecule has 0 saturated heterocycles. The van der Waals surface area contributed by atoms with Gasteiger partial charge >= 0.3 is 0 Å². The van der Waals surface area contributed by atoms with Crippen LogP contribution in [-0.2, 0) is 4.79 Å². The van der Waals surface area contributed by atoms with Crippen molar-refractivity contribution in [1.82, 2.24) is 4.98 Å². The van der Waals surface area contributed by atoms with Gasteiger partial charge in [-0.25, -0.2) is 4.98 Å². The monoisotopic (exact) mass is 358 g/mol. The molecule has 0 fully saturated rings. The van der Waals surface area contributed by atoms with Crippen molar-refractivity contribution in [3.8, 4) is 17.0 Å². The zero-order chi connectivity index (χ0) is 16.8. The van der Waals surface area contributed by atoms with Crippen LogP contribution in [0.1, 0.15) is 6.42 Å². The van der Waals surface area contributed by atoms with E-state index in [0.717, 1.165) is 11.3 Å². The molecular weight excluding hydrogens is 344 g/mol. The van der Waals surface area contributed by atoms with Crippen molar-refractivity contribution in [2.45, 2.75) is 6.42 Å². The minimum atomic E-state index is -0.127. The van der Waals surface area contributed by atoms with Crippen LogP contribution < -0.4 is 10.1 Å². The molecule has 122 valence electrons. The highest BCUT2D eigenvalue weighted by Gasteiger charge is 2.08. The number of benzene rings is 2. The number of carbonyl (C=O) groups excluding carboxylic acids is 1. The van der Waals surface area contributed by atoms with E-state index in [1.807, 2.05) is 35.7 Å². The van der Waals surface area contributed by atoms with Crippen LogP contribution in [0.2, 0.25) is 5.02 Å². The molecule has 0 atom stereocenters. The quantitative estimate of drug-likeness (QED) is 0.683. The van der Waals surface area contributed by atoms with E-state index in [1.165, 1.54) is 11.3 Å². The number of hydrogen-bond acceptors (Lipinski definition) is 4. The summed E-state index contributed by atoms with van der Waals surface area (Å²) in [7, 11) is 0. The highest BCUT2D eigenvalue weighted by Crippen LogP contribution is 2.24. The molecule has 0 aliphatic carbocycles. The predicted octanol–water partition coefficient (Wildman–Crippen LogP) is 4.87. The Morgan fingerprint density at radius 3 is 2.62 bits per heavy atom. The Labute approximate surface area is 149 Å². The van der Waals surface area contributed by atoms with Crippen LogP contribution in [0.15, 0.2) is 60.0 Å². The summed E-state index contributed by atoms with van der Waals surface area (Å²) in [5.41, 5.74) is 1.88. The molecule has 24 heavy (non-hydrogen) atoms. The molecule has 0 aliphatic heterocycles. The molecule has 0 saturated carbocycles. The highest BCUT2D eigenvalue weighted by molar-refractivity contribution is 7.14. The Hall–Kier alpha value is -2.37. The highest BCUT2D eigenvalue weighted by atomic mass is 35.5. The van der Waals surface area contributed by atoms with Gasteiger partial charge in [-0.3, -0.25) is 4.79 Å². The first kappa shape index (κ1) is 16.5. The number of carbonyl (C=O) groups is 1. The lowest BCUT2D eigenvalue weighted by atomic mass is 10.2. The minimum absolute atomic E-state index is 0.127. The zero-order valence-electron chi connectivity index (χ0n) is 12.7. The first-order valence-electron chi connectivity index (χ1n) is 7.40. The van der Waals surface area contributed by atoms with Crippen LogP contribution in [0.5, 0.6) is 5.75 Å². The van der Waals surface area contributed by atoms with Crippen molar-refractivity contribution in [2.24, 2.45) is 0 Å². The van der Waals surface area contributed by atoms with Crippen molar-refractivity contribution in [3.63, 3.8) is 0 Å². The van der Waals surface area contributed by atoms with Gasteiger partial charge < -0.3 is 10.1 Å². The molecule has 6 heteroatoms. The Balaban J connectivity index is 1.48. The van der Waals surface area contributed by atoms with E-state index in [9.17, 15) is 4.79 Å². The van der Waals surface area contributed by atoms with Crippen LogP contribution >= 0.6 is 22.9 Å². The van der Waals surface area contributed by atoms with Gasteiger partial charge in [0.05, 0.1) is 18.7 Å². The first-order chi connectivity index (χ1) is 11.7. The van der Waals surface area contributed by atoms with Gasteiger partial charge in [0.15, 0.2) is 5.13 Å². The van der Waals surface area contributed by atoms with Crippen LogP contribution in [-0.4, -0.2) is 17.5 Å². The van der Waals surface area contributed by atoms with Gasteiger partial charge in [0.25, 0.3) is 0 Å². The van der Waals surface area contributed by atoms with Crippen molar-refractivity contribution in [1.29, 1.82) is 0 Å². The lowest BCUT2D eigenvalue weighted by Gasteiger charge is -2.06. The number of thiazole rings is 1. The summed E-state index contributed by atoms with van der Waals surface area (Å²) in [5.74, 6) is 0.561. The molecule has 0 aliphatic rings. The van der Waals surface area contributed by atoms with Crippen molar-refractivity contribution in [2.75, 3.05) is 11.9 Å². The molecule has 4 nitrogen and oxygen atoms in total. The number of nitrogens with zero attached hydrogens (tertiary/aromatic N) is 1. The SMILES string of the molecule is O=C(CCOc1ccc(Cl)cc1)Nc1nc(-c2ccccc2)cs1. The number of anilines is 1. The van der Waals surface area contributed by atoms with Crippen LogP contribution in [0.25, 0.3) is 11.3 Å². The van der Waals surface area contributed by atoms with Gasteiger partial charge in [-0.2, -0.15) is 0 Å². The normalized spacial score (nSPS) is 10.4. The van der Waals surface area contributed by atoms with Gasteiger partial charge in [-0.1, -0.05) is 41.9 Å². The fourth-order valence-corrected chi connectivity index (χ4v) is 2.91. The number of halogens is 1. The second-order valence-corrected chi connectivity index (χ2v) is 6.30. The Bertz CT molecular complexity index is 803. The summed E-state index contributed by atoms with van der Waals surface area (Å²) in [4.78, 5) is 16.4. The van der Waals surface area contributed by atoms with Gasteiger partial charge in [-0.15, -0.1) is 11.3 Å². The zero-order valence-corrected chi connectivity index (χ0v) is 14.3. The number of hydrogen-bond donors (Lipinski definition) is 1. The first-order valence-corrected chi connectivity index (χ1v) is 8.65. The minimum Gasteiger partial charge on any atom is -0.493 e. The fraction of sp³-hybridized carbons (Fsp3) is 0.111. The summed E-state index contributed by atoms with van der Waals surface area (Å²) < 4.78 is 5.51. The molecule has 1 amide bonds. The molecule has 0 radical (unpaired) electrons. The number of amides is 1. The molecular formula is C18H15ClN2O2S. The maximum Gasteiger partial charge on any atom is 0.229 e. The van der Waals surface area contributed by atoms with E-state index in [-0.39, 0.29) is 12.3 Å². The molecule has 3 rings (SSSR count). The maximum absolute atomic E-state index is 12.0. The van der Waals surface area contributed by atoms with E-state index >= 15 is 0 Å². The number of nitrogens with one attached hydrogen (secondary N) is 1. The van der Waals surface area contributed by atoms with E-state index in [4.69, 9.17) is 16.3 Å². The second kappa shape index (κ2) is 7.95. The third-order valence-corrected chi connectivity index (χ3v) is 4.24. The summed E-state index contributed by atoms with van der Waals surface area (Å²) in [6.45, 7) is 0.296. The molecule has 1 N–H and O–H groups in total. The van der Waals surface area contributed by atoms with E-state index in [2.05, 4.69) is 10.3 Å². The molecule has 0 bridgehead atoms. The molecule has 1 aromatic heterocycles. The Morgan fingerprint density at radius 1 is 1.12 bits per heavy atom. The largest absolute Gasteiger partial charge is 0.493 e. The van der Waals surface area contributed by atoms with Gasteiger partial charge in [0, 0.05) is 16.0 Å². The van der Waals surface area contributed by atoms with E-state index in [1.54, 1.807) is 24.3 Å². The van der Waals surface area contributed by atoms with E-state index < -0.39 is 0 Å².